The molecule has 1 fully saturated rings. The van der Waals surface area contributed by atoms with Crippen LogP contribution in [0.25, 0.3) is 5.65 Å². The molecule has 3 aromatic rings. The van der Waals surface area contributed by atoms with Crippen LogP contribution in [-0.2, 0) is 0 Å². The highest BCUT2D eigenvalue weighted by Gasteiger charge is 2.29. The second-order valence-corrected chi connectivity index (χ2v) is 6.64. The van der Waals surface area contributed by atoms with Gasteiger partial charge < -0.3 is 14.4 Å². The van der Waals surface area contributed by atoms with E-state index in [1.807, 2.05) is 24.3 Å². The monoisotopic (exact) mass is 349 g/mol. The van der Waals surface area contributed by atoms with Gasteiger partial charge in [0.1, 0.15) is 24.7 Å². The summed E-state index contributed by atoms with van der Waals surface area (Å²) in [4.78, 5) is 19.4. The predicted molar refractivity (Wildman–Crippen MR) is 98.2 cm³/mol. The molecule has 0 radical (unpaired) electrons. The van der Waals surface area contributed by atoms with Gasteiger partial charge in [-0.15, -0.1) is 0 Å². The molecule has 1 aromatic carbocycles. The van der Waals surface area contributed by atoms with E-state index in [0.717, 1.165) is 36.7 Å². The normalized spacial score (nSPS) is 19.1. The van der Waals surface area contributed by atoms with Gasteiger partial charge in [0.2, 0.25) is 0 Å². The first kappa shape index (κ1) is 15.3. The molecular weight excluding hydrogens is 330 g/mol. The van der Waals surface area contributed by atoms with Gasteiger partial charge in [-0.25, -0.2) is 4.98 Å². The van der Waals surface area contributed by atoms with Crippen LogP contribution in [0.3, 0.4) is 0 Å². The Morgan fingerprint density at radius 3 is 2.85 bits per heavy atom. The van der Waals surface area contributed by atoms with Crippen molar-refractivity contribution in [1.29, 1.82) is 0 Å². The summed E-state index contributed by atoms with van der Waals surface area (Å²) >= 11 is 0. The fourth-order valence-electron chi connectivity index (χ4n) is 3.84. The van der Waals surface area contributed by atoms with E-state index in [1.165, 1.54) is 5.56 Å². The summed E-state index contributed by atoms with van der Waals surface area (Å²) in [5, 5.41) is 0. The zero-order valence-corrected chi connectivity index (χ0v) is 14.3. The Balaban J connectivity index is 1.54. The second-order valence-electron chi connectivity index (χ2n) is 6.64. The van der Waals surface area contributed by atoms with Crippen molar-refractivity contribution >= 4 is 11.5 Å². The lowest BCUT2D eigenvalue weighted by atomic mass is 10.0. The van der Waals surface area contributed by atoms with Gasteiger partial charge in [-0.05, 0) is 42.7 Å². The van der Waals surface area contributed by atoms with Crippen molar-refractivity contribution in [2.24, 2.45) is 0 Å². The lowest BCUT2D eigenvalue weighted by molar-refractivity contribution is 0.171. The first-order valence-electron chi connectivity index (χ1n) is 8.94. The van der Waals surface area contributed by atoms with Crippen molar-refractivity contribution in [1.82, 2.24) is 9.38 Å². The third-order valence-corrected chi connectivity index (χ3v) is 5.06. The molecule has 2 aliphatic rings. The molecule has 0 saturated carbocycles. The van der Waals surface area contributed by atoms with Gasteiger partial charge in [0.15, 0.2) is 11.5 Å². The fourth-order valence-corrected chi connectivity index (χ4v) is 3.84. The molecule has 0 spiro atoms. The summed E-state index contributed by atoms with van der Waals surface area (Å²) in [6, 6.07) is 13.5. The number of aromatic nitrogens is 2. The number of benzene rings is 1. The molecule has 0 aliphatic carbocycles. The molecular formula is C20H19N3O3. The quantitative estimate of drug-likeness (QED) is 0.712. The minimum Gasteiger partial charge on any atom is -0.486 e. The maximum atomic E-state index is 12.5. The van der Waals surface area contributed by atoms with Crippen molar-refractivity contribution in [2.45, 2.75) is 18.9 Å². The molecule has 0 amide bonds. The van der Waals surface area contributed by atoms with Crippen molar-refractivity contribution in [3.63, 3.8) is 0 Å². The molecule has 1 unspecified atom stereocenters. The van der Waals surface area contributed by atoms with E-state index < -0.39 is 0 Å². The summed E-state index contributed by atoms with van der Waals surface area (Å²) in [7, 11) is 0. The molecule has 2 aromatic heterocycles. The average molecular weight is 349 g/mol. The van der Waals surface area contributed by atoms with Crippen LogP contribution >= 0.6 is 0 Å². The summed E-state index contributed by atoms with van der Waals surface area (Å²) < 4.78 is 12.9. The Labute approximate surface area is 150 Å². The van der Waals surface area contributed by atoms with Gasteiger partial charge in [0.25, 0.3) is 5.56 Å². The van der Waals surface area contributed by atoms with E-state index in [-0.39, 0.29) is 11.6 Å². The van der Waals surface area contributed by atoms with Crippen LogP contribution in [0.15, 0.2) is 53.5 Å². The van der Waals surface area contributed by atoms with E-state index in [4.69, 9.17) is 14.5 Å². The maximum absolute atomic E-state index is 12.5. The highest BCUT2D eigenvalue weighted by Crippen LogP contribution is 2.39. The summed E-state index contributed by atoms with van der Waals surface area (Å²) in [5.41, 5.74) is 1.78. The fraction of sp³-hybridized carbons (Fsp3) is 0.300. The van der Waals surface area contributed by atoms with Crippen LogP contribution in [0.1, 0.15) is 24.4 Å². The van der Waals surface area contributed by atoms with Crippen LogP contribution in [0.2, 0.25) is 0 Å². The topological polar surface area (TPSA) is 56.1 Å². The molecule has 4 heterocycles. The van der Waals surface area contributed by atoms with Gasteiger partial charge in [-0.1, -0.05) is 12.1 Å². The number of fused-ring (bicyclic) bond motifs is 2. The van der Waals surface area contributed by atoms with Crippen LogP contribution in [0, 0.1) is 0 Å². The van der Waals surface area contributed by atoms with Crippen molar-refractivity contribution in [3.8, 4) is 11.5 Å². The lowest BCUT2D eigenvalue weighted by Gasteiger charge is -2.27. The minimum absolute atomic E-state index is 0.0570. The molecule has 26 heavy (non-hydrogen) atoms. The van der Waals surface area contributed by atoms with E-state index in [0.29, 0.717) is 18.9 Å². The molecule has 6 nitrogen and oxygen atoms in total. The SMILES string of the molecule is O=c1cc(N2CCCC2c2ccc3c(c2)OCCO3)nc2ccccn12. The van der Waals surface area contributed by atoms with E-state index in [1.54, 1.807) is 16.7 Å². The third kappa shape index (κ3) is 2.49. The molecule has 6 heteroatoms. The number of rotatable bonds is 2. The zero-order chi connectivity index (χ0) is 17.5. The summed E-state index contributed by atoms with van der Waals surface area (Å²) in [6.07, 6.45) is 3.83. The Kier molecular flexibility index (Phi) is 3.55. The molecule has 132 valence electrons. The number of anilines is 1. The molecule has 1 saturated heterocycles. The highest BCUT2D eigenvalue weighted by molar-refractivity contribution is 5.52. The predicted octanol–water partition coefficient (Wildman–Crippen LogP) is 2.81. The van der Waals surface area contributed by atoms with Crippen LogP contribution in [0.5, 0.6) is 11.5 Å². The maximum Gasteiger partial charge on any atom is 0.259 e. The second kappa shape index (κ2) is 6.05. The smallest absolute Gasteiger partial charge is 0.259 e. The van der Waals surface area contributed by atoms with Crippen molar-refractivity contribution in [3.05, 3.63) is 64.6 Å². The third-order valence-electron chi connectivity index (χ3n) is 5.06. The summed E-state index contributed by atoms with van der Waals surface area (Å²) in [5.74, 6) is 2.33. The standard InChI is InChI=1S/C20H19N3O3/c24-20-13-19(21-18-5-1-2-8-23(18)20)22-9-3-4-15(22)14-6-7-16-17(12-14)26-11-10-25-16/h1-2,5-8,12-13,15H,3-4,9-11H2. The van der Waals surface area contributed by atoms with Gasteiger partial charge in [0.05, 0.1) is 6.04 Å². The molecule has 0 bridgehead atoms. The van der Waals surface area contributed by atoms with Gasteiger partial charge >= 0.3 is 0 Å². The van der Waals surface area contributed by atoms with E-state index >= 15 is 0 Å². The molecule has 5 rings (SSSR count). The van der Waals surface area contributed by atoms with Gasteiger partial charge in [-0.3, -0.25) is 9.20 Å². The Bertz CT molecular complexity index is 1030. The Morgan fingerprint density at radius 2 is 1.92 bits per heavy atom. The van der Waals surface area contributed by atoms with Crippen LogP contribution in [0.4, 0.5) is 5.82 Å². The summed E-state index contributed by atoms with van der Waals surface area (Å²) in [6.45, 7) is 2.05. The first-order valence-corrected chi connectivity index (χ1v) is 8.94. The molecule has 2 aliphatic heterocycles. The van der Waals surface area contributed by atoms with Crippen molar-refractivity contribution < 1.29 is 9.47 Å². The first-order chi connectivity index (χ1) is 12.8. The van der Waals surface area contributed by atoms with E-state index in [9.17, 15) is 4.79 Å². The van der Waals surface area contributed by atoms with Crippen LogP contribution < -0.4 is 19.9 Å². The van der Waals surface area contributed by atoms with Gasteiger partial charge in [-0.2, -0.15) is 0 Å². The minimum atomic E-state index is -0.0570. The number of ether oxygens (including phenoxy) is 2. The molecule has 1 atom stereocenters. The average Bonchev–Trinajstić information content (AvgIpc) is 3.17. The lowest BCUT2D eigenvalue weighted by Crippen LogP contribution is -2.26. The number of nitrogens with zero attached hydrogens (tertiary/aromatic N) is 3. The number of pyridine rings is 1. The largest absolute Gasteiger partial charge is 0.486 e. The zero-order valence-electron chi connectivity index (χ0n) is 14.3. The Morgan fingerprint density at radius 1 is 1.04 bits per heavy atom. The highest BCUT2D eigenvalue weighted by atomic mass is 16.6. The number of hydrogen-bond donors (Lipinski definition) is 0. The van der Waals surface area contributed by atoms with Crippen LogP contribution in [-0.4, -0.2) is 29.1 Å². The Hall–Kier alpha value is -3.02. The van der Waals surface area contributed by atoms with E-state index in [2.05, 4.69) is 17.0 Å². The molecule has 0 N–H and O–H groups in total. The number of hydrogen-bond acceptors (Lipinski definition) is 5. The van der Waals surface area contributed by atoms with Gasteiger partial charge in [0, 0.05) is 18.8 Å². The van der Waals surface area contributed by atoms with Crippen molar-refractivity contribution in [2.75, 3.05) is 24.7 Å².